The van der Waals surface area contributed by atoms with Crippen molar-refractivity contribution in [2.45, 2.75) is 49.4 Å². The van der Waals surface area contributed by atoms with Crippen LogP contribution in [0.3, 0.4) is 0 Å². The van der Waals surface area contributed by atoms with Gasteiger partial charge < -0.3 is 0 Å². The predicted molar refractivity (Wildman–Crippen MR) is 49.0 cm³/mol. The summed E-state index contributed by atoms with van der Waals surface area (Å²) >= 11 is -1.61. The molecule has 76 valence electrons. The average molecular weight is 251 g/mol. The van der Waals surface area contributed by atoms with Crippen molar-refractivity contribution < 1.29 is 13.3 Å². The van der Waals surface area contributed by atoms with Gasteiger partial charge in [0.1, 0.15) is 0 Å². The van der Waals surface area contributed by atoms with Crippen LogP contribution in [0.25, 0.3) is 0 Å². The summed E-state index contributed by atoms with van der Waals surface area (Å²) in [4.78, 5) is 0. The Hall–Kier alpha value is 0.239. The molecule has 2 fully saturated rings. The summed E-state index contributed by atoms with van der Waals surface area (Å²) in [5, 5.41) is 1.58. The van der Waals surface area contributed by atoms with Crippen LogP contribution in [-0.2, 0) is 13.3 Å². The Morgan fingerprint density at radius 1 is 1.31 bits per heavy atom. The van der Waals surface area contributed by atoms with E-state index in [1.165, 1.54) is 0 Å². The third kappa shape index (κ3) is 1.86. The molecular formula is C9H16O3Se. The number of hydrogen-bond donors (Lipinski definition) is 0. The van der Waals surface area contributed by atoms with Crippen LogP contribution >= 0.6 is 0 Å². The standard InChI is InChI=1S/C9H16O3Se/c1-6-4-13(10)5-7-8(6)12-9(2,3)11-7/h6-8H,4-5H2,1-3H3/t6-,7+,8-,13?/m1/s1. The Balaban J connectivity index is 2.14. The zero-order chi connectivity index (χ0) is 9.64. The molecule has 0 aromatic heterocycles. The molecule has 1 unspecified atom stereocenters. The van der Waals surface area contributed by atoms with E-state index in [9.17, 15) is 3.83 Å². The third-order valence-electron chi connectivity index (χ3n) is 2.58. The molecule has 0 bridgehead atoms. The summed E-state index contributed by atoms with van der Waals surface area (Å²) in [5.41, 5.74) is 0. The van der Waals surface area contributed by atoms with Crippen LogP contribution in [0.2, 0.25) is 10.6 Å². The van der Waals surface area contributed by atoms with E-state index in [0.717, 1.165) is 10.6 Å². The van der Waals surface area contributed by atoms with Crippen molar-refractivity contribution in [3.05, 3.63) is 0 Å². The van der Waals surface area contributed by atoms with Gasteiger partial charge in [-0.05, 0) is 0 Å². The Labute approximate surface area is 82.9 Å². The van der Waals surface area contributed by atoms with Crippen LogP contribution in [0.5, 0.6) is 0 Å². The number of hydrogen-bond acceptors (Lipinski definition) is 3. The minimum absolute atomic E-state index is 0.0845. The van der Waals surface area contributed by atoms with E-state index >= 15 is 0 Å². The molecule has 4 heteroatoms. The van der Waals surface area contributed by atoms with Crippen LogP contribution in [-0.4, -0.2) is 31.8 Å². The first kappa shape index (κ1) is 9.78. The fourth-order valence-corrected chi connectivity index (χ4v) is 5.34. The van der Waals surface area contributed by atoms with Crippen LogP contribution < -0.4 is 0 Å². The molecule has 2 rings (SSSR count). The molecule has 2 aliphatic rings. The molecule has 0 amide bonds. The zero-order valence-corrected chi connectivity index (χ0v) is 9.99. The van der Waals surface area contributed by atoms with Gasteiger partial charge in [-0.15, -0.1) is 0 Å². The molecule has 0 aromatic rings. The molecule has 13 heavy (non-hydrogen) atoms. The van der Waals surface area contributed by atoms with Gasteiger partial charge in [0.2, 0.25) is 0 Å². The summed E-state index contributed by atoms with van der Waals surface area (Å²) in [6.45, 7) is 5.96. The molecule has 0 saturated carbocycles. The molecule has 2 heterocycles. The van der Waals surface area contributed by atoms with Gasteiger partial charge in [0.25, 0.3) is 0 Å². The Morgan fingerprint density at radius 2 is 2.00 bits per heavy atom. The van der Waals surface area contributed by atoms with Crippen LogP contribution in [0, 0.1) is 5.92 Å². The van der Waals surface area contributed by atoms with Gasteiger partial charge in [0.15, 0.2) is 0 Å². The molecule has 3 nitrogen and oxygen atoms in total. The molecule has 0 aromatic carbocycles. The van der Waals surface area contributed by atoms with Crippen molar-refractivity contribution in [2.75, 3.05) is 0 Å². The van der Waals surface area contributed by atoms with Crippen LogP contribution in [0.1, 0.15) is 20.8 Å². The van der Waals surface area contributed by atoms with Gasteiger partial charge in [0.05, 0.1) is 0 Å². The van der Waals surface area contributed by atoms with Crippen molar-refractivity contribution in [3.8, 4) is 0 Å². The second-order valence-corrected chi connectivity index (χ2v) is 7.63. The maximum atomic E-state index is 11.5. The fraction of sp³-hybridized carbons (Fsp3) is 1.00. The molecule has 0 aliphatic carbocycles. The van der Waals surface area contributed by atoms with E-state index in [0.29, 0.717) is 5.92 Å². The van der Waals surface area contributed by atoms with Crippen molar-refractivity contribution in [2.24, 2.45) is 5.92 Å². The van der Waals surface area contributed by atoms with Gasteiger partial charge in [-0.2, -0.15) is 0 Å². The summed E-state index contributed by atoms with van der Waals surface area (Å²) in [6.07, 6.45) is 0.255. The normalized spacial score (nSPS) is 48.8. The number of fused-ring (bicyclic) bond motifs is 1. The van der Waals surface area contributed by atoms with Gasteiger partial charge in [0, 0.05) is 0 Å². The summed E-state index contributed by atoms with van der Waals surface area (Å²) in [7, 11) is 0. The summed E-state index contributed by atoms with van der Waals surface area (Å²) < 4.78 is 23.0. The first-order chi connectivity index (χ1) is 5.98. The van der Waals surface area contributed by atoms with E-state index in [2.05, 4.69) is 6.92 Å². The predicted octanol–water partition coefficient (Wildman–Crippen LogP) is 1.58. The van der Waals surface area contributed by atoms with E-state index in [1.54, 1.807) is 0 Å². The van der Waals surface area contributed by atoms with Gasteiger partial charge >= 0.3 is 82.5 Å². The molecule has 4 atom stereocenters. The first-order valence-electron chi connectivity index (χ1n) is 4.68. The topological polar surface area (TPSA) is 35.5 Å². The van der Waals surface area contributed by atoms with Crippen molar-refractivity contribution in [1.82, 2.24) is 0 Å². The Kier molecular flexibility index (Phi) is 2.35. The first-order valence-corrected chi connectivity index (χ1v) is 7.81. The second kappa shape index (κ2) is 3.13. The molecule has 0 radical (unpaired) electrons. The molecular weight excluding hydrogens is 235 g/mol. The van der Waals surface area contributed by atoms with Crippen molar-refractivity contribution in [3.63, 3.8) is 0 Å². The van der Waals surface area contributed by atoms with Crippen molar-refractivity contribution in [1.29, 1.82) is 0 Å². The average Bonchev–Trinajstić information content (AvgIpc) is 2.23. The number of ether oxygens (including phenoxy) is 2. The van der Waals surface area contributed by atoms with Crippen LogP contribution in [0.4, 0.5) is 0 Å². The molecule has 2 saturated heterocycles. The summed E-state index contributed by atoms with van der Waals surface area (Å²) in [5.74, 6) is -0.0807. The zero-order valence-electron chi connectivity index (χ0n) is 8.28. The van der Waals surface area contributed by atoms with E-state index < -0.39 is 19.6 Å². The maximum absolute atomic E-state index is 11.5. The third-order valence-corrected chi connectivity index (χ3v) is 5.93. The quantitative estimate of drug-likeness (QED) is 0.613. The van der Waals surface area contributed by atoms with E-state index in [4.69, 9.17) is 9.47 Å². The second-order valence-electron chi connectivity index (χ2n) is 4.39. The molecule has 0 N–H and O–H groups in total. The Morgan fingerprint density at radius 3 is 2.69 bits per heavy atom. The monoisotopic (exact) mass is 252 g/mol. The Bertz CT molecular complexity index is 239. The van der Waals surface area contributed by atoms with Gasteiger partial charge in [-0.1, -0.05) is 0 Å². The minimum atomic E-state index is -1.61. The van der Waals surface area contributed by atoms with Gasteiger partial charge in [-0.3, -0.25) is 0 Å². The number of rotatable bonds is 0. The SMILES string of the molecule is C[C@@H]1C[Se](=O)C[C@@H]2OC(C)(C)O[C@H]12. The van der Waals surface area contributed by atoms with Gasteiger partial charge in [-0.25, -0.2) is 0 Å². The van der Waals surface area contributed by atoms with E-state index in [1.807, 2.05) is 13.8 Å². The summed E-state index contributed by atoms with van der Waals surface area (Å²) in [6, 6.07) is 0. The fourth-order valence-electron chi connectivity index (χ4n) is 2.11. The molecule has 2 aliphatic heterocycles. The molecule has 0 spiro atoms. The van der Waals surface area contributed by atoms with Crippen LogP contribution in [0.15, 0.2) is 0 Å². The van der Waals surface area contributed by atoms with E-state index in [-0.39, 0.29) is 12.2 Å². The van der Waals surface area contributed by atoms with Crippen molar-refractivity contribution >= 4 is 13.8 Å².